The van der Waals surface area contributed by atoms with Crippen LogP contribution in [0.2, 0.25) is 0 Å². The molecule has 0 fully saturated rings. The van der Waals surface area contributed by atoms with Gasteiger partial charge in [0.2, 0.25) is 5.91 Å². The van der Waals surface area contributed by atoms with Crippen LogP contribution in [0.25, 0.3) is 22.2 Å². The highest BCUT2D eigenvalue weighted by Crippen LogP contribution is 2.33. The van der Waals surface area contributed by atoms with E-state index in [0.29, 0.717) is 18.5 Å². The first kappa shape index (κ1) is 17.7. The summed E-state index contributed by atoms with van der Waals surface area (Å²) in [6.07, 6.45) is 0.691. The van der Waals surface area contributed by atoms with E-state index < -0.39 is 0 Å². The van der Waals surface area contributed by atoms with Crippen LogP contribution in [0.3, 0.4) is 0 Å². The van der Waals surface area contributed by atoms with Crippen molar-refractivity contribution in [1.82, 2.24) is 10.3 Å². The molecule has 3 rings (SSSR count). The number of aromatic nitrogens is 1. The van der Waals surface area contributed by atoms with Crippen molar-refractivity contribution in [2.75, 3.05) is 13.7 Å². The maximum atomic E-state index is 11.5. The monoisotopic (exact) mass is 350 g/mol. The maximum absolute atomic E-state index is 11.5. The summed E-state index contributed by atoms with van der Waals surface area (Å²) in [6.45, 7) is 3.63. The number of Topliss-reactive ketones (excluding diaryl/α,β-unsaturated/α-hetero) is 1. The normalized spacial score (nSPS) is 10.7. The van der Waals surface area contributed by atoms with Gasteiger partial charge < -0.3 is 15.0 Å². The summed E-state index contributed by atoms with van der Waals surface area (Å²) < 4.78 is 5.36. The quantitative estimate of drug-likeness (QED) is 0.666. The average Bonchev–Trinajstić information content (AvgIpc) is 2.99. The third-order valence-electron chi connectivity index (χ3n) is 4.44. The third kappa shape index (κ3) is 3.61. The molecule has 0 aliphatic heterocycles. The molecule has 0 saturated heterocycles. The molecule has 1 amide bonds. The predicted octanol–water partition coefficient (Wildman–Crippen LogP) is 3.72. The van der Waals surface area contributed by atoms with Crippen molar-refractivity contribution in [1.29, 1.82) is 0 Å². The van der Waals surface area contributed by atoms with Crippen molar-refractivity contribution in [3.63, 3.8) is 0 Å². The van der Waals surface area contributed by atoms with Crippen molar-refractivity contribution >= 4 is 22.6 Å². The molecule has 5 nitrogen and oxygen atoms in total. The van der Waals surface area contributed by atoms with Gasteiger partial charge in [0, 0.05) is 35.6 Å². The highest BCUT2D eigenvalue weighted by atomic mass is 16.5. The van der Waals surface area contributed by atoms with Crippen LogP contribution in [0.5, 0.6) is 5.75 Å². The van der Waals surface area contributed by atoms with Crippen molar-refractivity contribution in [3.05, 3.63) is 53.6 Å². The molecule has 0 unspecified atom stereocenters. The number of amides is 1. The minimum absolute atomic E-state index is 0.0452. The van der Waals surface area contributed by atoms with Crippen LogP contribution < -0.4 is 10.1 Å². The Balaban J connectivity index is 2.07. The molecular formula is C21H22N2O3. The van der Waals surface area contributed by atoms with Gasteiger partial charge in [0.1, 0.15) is 5.75 Å². The number of rotatable bonds is 6. The van der Waals surface area contributed by atoms with Crippen LogP contribution >= 0.6 is 0 Å². The molecule has 0 saturated carbocycles. The SMILES string of the molecule is COc1ccc2[nH]c(-c3ccc(C(C)=O)cc3)c(CCNC(C)=O)c2c1. The number of carbonyl (C=O) groups is 2. The van der Waals surface area contributed by atoms with Crippen molar-refractivity contribution in [3.8, 4) is 17.0 Å². The number of aromatic amines is 1. The molecule has 0 spiro atoms. The highest BCUT2D eigenvalue weighted by Gasteiger charge is 2.14. The molecule has 3 aromatic rings. The lowest BCUT2D eigenvalue weighted by atomic mass is 10.0. The van der Waals surface area contributed by atoms with E-state index in [-0.39, 0.29) is 11.7 Å². The molecule has 1 aromatic heterocycles. The van der Waals surface area contributed by atoms with Crippen LogP contribution in [-0.2, 0) is 11.2 Å². The number of carbonyl (C=O) groups excluding carboxylic acids is 2. The summed E-state index contributed by atoms with van der Waals surface area (Å²) >= 11 is 0. The van der Waals surface area contributed by atoms with E-state index in [2.05, 4.69) is 10.3 Å². The number of benzene rings is 2. The number of ketones is 1. The van der Waals surface area contributed by atoms with Gasteiger partial charge in [0.15, 0.2) is 5.78 Å². The first-order valence-corrected chi connectivity index (χ1v) is 8.54. The maximum Gasteiger partial charge on any atom is 0.216 e. The van der Waals surface area contributed by atoms with Gasteiger partial charge >= 0.3 is 0 Å². The van der Waals surface area contributed by atoms with Gasteiger partial charge in [0.05, 0.1) is 7.11 Å². The van der Waals surface area contributed by atoms with Crippen LogP contribution in [0, 0.1) is 0 Å². The van der Waals surface area contributed by atoms with E-state index in [9.17, 15) is 9.59 Å². The number of fused-ring (bicyclic) bond motifs is 1. The highest BCUT2D eigenvalue weighted by molar-refractivity contribution is 5.95. The van der Waals surface area contributed by atoms with Gasteiger partial charge in [-0.25, -0.2) is 0 Å². The summed E-state index contributed by atoms with van der Waals surface area (Å²) in [7, 11) is 1.65. The fourth-order valence-corrected chi connectivity index (χ4v) is 3.09. The minimum Gasteiger partial charge on any atom is -0.497 e. The van der Waals surface area contributed by atoms with Gasteiger partial charge in [0.25, 0.3) is 0 Å². The summed E-state index contributed by atoms with van der Waals surface area (Å²) in [5.74, 6) is 0.786. The number of methoxy groups -OCH3 is 1. The summed E-state index contributed by atoms with van der Waals surface area (Å²) in [5, 5.41) is 3.92. The summed E-state index contributed by atoms with van der Waals surface area (Å²) in [4.78, 5) is 26.2. The largest absolute Gasteiger partial charge is 0.497 e. The van der Waals surface area contributed by atoms with Crippen LogP contribution in [0.1, 0.15) is 29.8 Å². The van der Waals surface area contributed by atoms with Gasteiger partial charge in [-0.05, 0) is 42.7 Å². The van der Waals surface area contributed by atoms with Crippen LogP contribution in [0.4, 0.5) is 0 Å². The molecule has 0 aliphatic carbocycles. The van der Waals surface area contributed by atoms with E-state index in [0.717, 1.165) is 33.5 Å². The van der Waals surface area contributed by atoms with Crippen molar-refractivity contribution < 1.29 is 14.3 Å². The average molecular weight is 350 g/mol. The van der Waals surface area contributed by atoms with E-state index in [1.807, 2.05) is 42.5 Å². The van der Waals surface area contributed by atoms with E-state index in [1.54, 1.807) is 14.0 Å². The van der Waals surface area contributed by atoms with Gasteiger partial charge in [-0.15, -0.1) is 0 Å². The van der Waals surface area contributed by atoms with Crippen molar-refractivity contribution in [2.24, 2.45) is 0 Å². The molecule has 26 heavy (non-hydrogen) atoms. The lowest BCUT2D eigenvalue weighted by Crippen LogP contribution is -2.22. The Morgan fingerprint density at radius 1 is 1.08 bits per heavy atom. The number of hydrogen-bond acceptors (Lipinski definition) is 3. The molecule has 2 aromatic carbocycles. The number of hydrogen-bond donors (Lipinski definition) is 2. The minimum atomic E-state index is -0.0465. The fraction of sp³-hybridized carbons (Fsp3) is 0.238. The lowest BCUT2D eigenvalue weighted by Gasteiger charge is -2.07. The predicted molar refractivity (Wildman–Crippen MR) is 103 cm³/mol. The van der Waals surface area contributed by atoms with Crippen LogP contribution in [0.15, 0.2) is 42.5 Å². The molecule has 2 N–H and O–H groups in total. The molecule has 1 heterocycles. The van der Waals surface area contributed by atoms with E-state index >= 15 is 0 Å². The molecule has 0 radical (unpaired) electrons. The van der Waals surface area contributed by atoms with Crippen molar-refractivity contribution in [2.45, 2.75) is 20.3 Å². The van der Waals surface area contributed by atoms with Gasteiger partial charge in [-0.3, -0.25) is 9.59 Å². The smallest absolute Gasteiger partial charge is 0.216 e. The second-order valence-electron chi connectivity index (χ2n) is 6.26. The zero-order chi connectivity index (χ0) is 18.7. The Morgan fingerprint density at radius 2 is 1.81 bits per heavy atom. The van der Waals surface area contributed by atoms with Crippen LogP contribution in [-0.4, -0.2) is 30.3 Å². The standard InChI is InChI=1S/C21H22N2O3/c1-13(24)15-4-6-16(7-5-15)21-18(10-11-22-14(2)25)19-12-17(26-3)8-9-20(19)23-21/h4-9,12,23H,10-11H2,1-3H3,(H,22,25). The summed E-state index contributed by atoms with van der Waals surface area (Å²) in [6, 6.07) is 13.5. The number of nitrogens with one attached hydrogen (secondary N) is 2. The molecule has 0 aliphatic rings. The number of H-pyrrole nitrogens is 1. The number of ether oxygens (including phenoxy) is 1. The first-order chi connectivity index (χ1) is 12.5. The van der Waals surface area contributed by atoms with E-state index in [1.165, 1.54) is 6.92 Å². The third-order valence-corrected chi connectivity index (χ3v) is 4.44. The Hall–Kier alpha value is -3.08. The molecule has 5 heteroatoms. The van der Waals surface area contributed by atoms with Gasteiger partial charge in [-0.1, -0.05) is 24.3 Å². The van der Waals surface area contributed by atoms with E-state index in [4.69, 9.17) is 4.74 Å². The molecule has 0 atom stereocenters. The molecule has 0 bridgehead atoms. The Bertz CT molecular complexity index is 955. The molecule has 134 valence electrons. The fourth-order valence-electron chi connectivity index (χ4n) is 3.09. The zero-order valence-electron chi connectivity index (χ0n) is 15.2. The Labute approximate surface area is 152 Å². The Kier molecular flexibility index (Phi) is 5.07. The second kappa shape index (κ2) is 7.44. The molecular weight excluding hydrogens is 328 g/mol. The first-order valence-electron chi connectivity index (χ1n) is 8.54. The van der Waals surface area contributed by atoms with Gasteiger partial charge in [-0.2, -0.15) is 0 Å². The lowest BCUT2D eigenvalue weighted by molar-refractivity contribution is -0.118. The summed E-state index contributed by atoms with van der Waals surface area (Å²) in [5.41, 5.74) is 4.81. The topological polar surface area (TPSA) is 71.2 Å². The second-order valence-corrected chi connectivity index (χ2v) is 6.26. The Morgan fingerprint density at radius 3 is 2.42 bits per heavy atom. The zero-order valence-corrected chi connectivity index (χ0v) is 15.2.